The Bertz CT molecular complexity index is 827. The number of hydrogen-bond acceptors (Lipinski definition) is 8. The lowest BCUT2D eigenvalue weighted by atomic mass is 10.1. The van der Waals surface area contributed by atoms with E-state index in [9.17, 15) is 0 Å². The minimum Gasteiger partial charge on any atom is -0.339 e. The van der Waals surface area contributed by atoms with Crippen molar-refractivity contribution in [1.82, 2.24) is 20.3 Å². The summed E-state index contributed by atoms with van der Waals surface area (Å²) >= 11 is 3.08. The second-order valence-corrected chi connectivity index (χ2v) is 7.94. The minimum atomic E-state index is 0.242. The van der Waals surface area contributed by atoms with Gasteiger partial charge in [-0.25, -0.2) is 0 Å². The summed E-state index contributed by atoms with van der Waals surface area (Å²) in [5.74, 6) is 2.21. The Kier molecular flexibility index (Phi) is 5.15. The molecule has 1 N–H and O–H groups in total. The van der Waals surface area contributed by atoms with Crippen LogP contribution in [0.4, 0.5) is 10.8 Å². The predicted molar refractivity (Wildman–Crippen MR) is 97.1 cm³/mol. The highest BCUT2D eigenvalue weighted by Crippen LogP contribution is 2.30. The van der Waals surface area contributed by atoms with Gasteiger partial charge in [-0.1, -0.05) is 54.2 Å². The summed E-state index contributed by atoms with van der Waals surface area (Å²) in [5.41, 5.74) is 3.52. The van der Waals surface area contributed by atoms with E-state index in [1.165, 1.54) is 22.5 Å². The summed E-state index contributed by atoms with van der Waals surface area (Å²) in [6, 6.07) is 6.17. The van der Waals surface area contributed by atoms with Gasteiger partial charge < -0.3 is 9.84 Å². The lowest BCUT2D eigenvalue weighted by Gasteiger charge is -2.08. The molecular weight excluding hydrogens is 342 g/mol. The van der Waals surface area contributed by atoms with E-state index < -0.39 is 0 Å². The van der Waals surface area contributed by atoms with Gasteiger partial charge >= 0.3 is 0 Å². The summed E-state index contributed by atoms with van der Waals surface area (Å²) in [6.07, 6.45) is 0. The Morgan fingerprint density at radius 1 is 1.25 bits per heavy atom. The van der Waals surface area contributed by atoms with Crippen molar-refractivity contribution in [1.29, 1.82) is 0 Å². The van der Waals surface area contributed by atoms with Crippen LogP contribution < -0.4 is 5.32 Å². The lowest BCUT2D eigenvalue weighted by Crippen LogP contribution is -1.94. The normalized spacial score (nSPS) is 11.2. The van der Waals surface area contributed by atoms with Crippen molar-refractivity contribution in [3.05, 3.63) is 41.0 Å². The number of aromatic nitrogens is 4. The van der Waals surface area contributed by atoms with E-state index in [0.29, 0.717) is 17.5 Å². The second kappa shape index (κ2) is 7.31. The van der Waals surface area contributed by atoms with Gasteiger partial charge in [-0.15, -0.1) is 10.2 Å². The quantitative estimate of drug-likeness (QED) is 0.638. The van der Waals surface area contributed by atoms with Crippen LogP contribution in [0.15, 0.2) is 27.1 Å². The summed E-state index contributed by atoms with van der Waals surface area (Å²) < 4.78 is 6.08. The van der Waals surface area contributed by atoms with Crippen molar-refractivity contribution in [2.45, 2.75) is 43.7 Å². The van der Waals surface area contributed by atoms with Crippen LogP contribution in [-0.4, -0.2) is 20.3 Å². The molecule has 3 rings (SSSR count). The smallest absolute Gasteiger partial charge is 0.229 e. The Hall–Kier alpha value is -1.93. The molecule has 2 aromatic heterocycles. The van der Waals surface area contributed by atoms with Crippen LogP contribution in [0.25, 0.3) is 0 Å². The van der Waals surface area contributed by atoms with Crippen molar-refractivity contribution in [3.63, 3.8) is 0 Å². The van der Waals surface area contributed by atoms with Gasteiger partial charge in [-0.2, -0.15) is 4.98 Å². The van der Waals surface area contributed by atoms with E-state index in [2.05, 4.69) is 45.6 Å². The Morgan fingerprint density at radius 3 is 2.83 bits per heavy atom. The van der Waals surface area contributed by atoms with Crippen LogP contribution in [0.5, 0.6) is 0 Å². The second-order valence-electron chi connectivity index (χ2n) is 5.74. The van der Waals surface area contributed by atoms with Crippen molar-refractivity contribution >= 4 is 33.9 Å². The van der Waals surface area contributed by atoms with Crippen LogP contribution in [-0.2, 0) is 5.75 Å². The molecule has 0 aliphatic heterocycles. The molecule has 0 unspecified atom stereocenters. The van der Waals surface area contributed by atoms with Gasteiger partial charge in [0.25, 0.3) is 0 Å². The van der Waals surface area contributed by atoms with Gasteiger partial charge in [-0.05, 0) is 31.0 Å². The summed E-state index contributed by atoms with van der Waals surface area (Å²) in [5, 5.41) is 16.5. The van der Waals surface area contributed by atoms with E-state index >= 15 is 0 Å². The number of nitrogens with zero attached hydrogens (tertiary/aromatic N) is 4. The van der Waals surface area contributed by atoms with Crippen molar-refractivity contribution in [3.8, 4) is 0 Å². The van der Waals surface area contributed by atoms with Crippen molar-refractivity contribution < 1.29 is 4.52 Å². The SMILES string of the molecule is Cc1cccc(Nc2nnc(SCc3noc(C(C)C)n3)s2)c1C. The number of benzene rings is 1. The minimum absolute atomic E-state index is 0.242. The molecule has 0 bridgehead atoms. The molecule has 0 fully saturated rings. The number of anilines is 2. The Morgan fingerprint density at radius 2 is 2.08 bits per heavy atom. The molecule has 0 amide bonds. The number of nitrogens with one attached hydrogen (secondary N) is 1. The maximum absolute atomic E-state index is 5.20. The maximum atomic E-state index is 5.20. The first-order chi connectivity index (χ1) is 11.5. The third-order valence-corrected chi connectivity index (χ3v) is 5.52. The molecule has 126 valence electrons. The molecule has 6 nitrogen and oxygen atoms in total. The van der Waals surface area contributed by atoms with E-state index in [1.807, 2.05) is 26.0 Å². The van der Waals surface area contributed by atoms with Crippen LogP contribution in [0, 0.1) is 13.8 Å². The van der Waals surface area contributed by atoms with E-state index in [1.54, 1.807) is 11.8 Å². The van der Waals surface area contributed by atoms with Gasteiger partial charge in [0.2, 0.25) is 11.0 Å². The summed E-state index contributed by atoms with van der Waals surface area (Å²) in [7, 11) is 0. The first-order valence-corrected chi connectivity index (χ1v) is 9.45. The highest BCUT2D eigenvalue weighted by molar-refractivity contribution is 8.00. The largest absolute Gasteiger partial charge is 0.339 e. The fraction of sp³-hybridized carbons (Fsp3) is 0.375. The molecule has 1 aromatic carbocycles. The zero-order valence-electron chi connectivity index (χ0n) is 14.0. The average Bonchev–Trinajstić information content (AvgIpc) is 3.19. The Balaban J connectivity index is 1.62. The monoisotopic (exact) mass is 361 g/mol. The molecule has 0 saturated carbocycles. The number of rotatable bonds is 6. The van der Waals surface area contributed by atoms with Gasteiger partial charge in [0.15, 0.2) is 10.2 Å². The molecule has 8 heteroatoms. The first kappa shape index (κ1) is 16.9. The van der Waals surface area contributed by atoms with Gasteiger partial charge in [0, 0.05) is 11.6 Å². The van der Waals surface area contributed by atoms with Crippen LogP contribution in [0.2, 0.25) is 0 Å². The van der Waals surface area contributed by atoms with Crippen molar-refractivity contribution in [2.75, 3.05) is 5.32 Å². The van der Waals surface area contributed by atoms with E-state index in [4.69, 9.17) is 4.52 Å². The predicted octanol–water partition coefficient (Wildman–Crippen LogP) is 4.70. The summed E-state index contributed by atoms with van der Waals surface area (Å²) in [4.78, 5) is 4.36. The van der Waals surface area contributed by atoms with E-state index in [-0.39, 0.29) is 5.92 Å². The molecular formula is C16H19N5OS2. The third-order valence-electron chi connectivity index (χ3n) is 3.56. The third kappa shape index (κ3) is 3.93. The molecule has 0 saturated heterocycles. The molecule has 3 aromatic rings. The highest BCUT2D eigenvalue weighted by atomic mass is 32.2. The molecule has 24 heavy (non-hydrogen) atoms. The van der Waals surface area contributed by atoms with Crippen LogP contribution in [0.1, 0.15) is 42.6 Å². The molecule has 2 heterocycles. The molecule has 0 spiro atoms. The molecule has 0 aliphatic carbocycles. The van der Waals surface area contributed by atoms with Gasteiger partial charge in [0.05, 0.1) is 5.75 Å². The van der Waals surface area contributed by atoms with Crippen LogP contribution in [0.3, 0.4) is 0 Å². The topological polar surface area (TPSA) is 76.7 Å². The van der Waals surface area contributed by atoms with Gasteiger partial charge in [0.1, 0.15) is 0 Å². The zero-order valence-corrected chi connectivity index (χ0v) is 15.7. The first-order valence-electron chi connectivity index (χ1n) is 7.65. The Labute approximate surface area is 149 Å². The highest BCUT2D eigenvalue weighted by Gasteiger charge is 2.12. The number of thioether (sulfide) groups is 1. The van der Waals surface area contributed by atoms with E-state index in [0.717, 1.165) is 15.2 Å². The van der Waals surface area contributed by atoms with Gasteiger partial charge in [-0.3, -0.25) is 0 Å². The number of hydrogen-bond donors (Lipinski definition) is 1. The zero-order chi connectivity index (χ0) is 17.1. The molecule has 0 aliphatic rings. The van der Waals surface area contributed by atoms with Crippen molar-refractivity contribution in [2.24, 2.45) is 0 Å². The molecule has 0 radical (unpaired) electrons. The van der Waals surface area contributed by atoms with Crippen LogP contribution >= 0.6 is 23.1 Å². The molecule has 0 atom stereocenters. The maximum Gasteiger partial charge on any atom is 0.229 e. The summed E-state index contributed by atoms with van der Waals surface area (Å²) in [6.45, 7) is 8.25. The number of aryl methyl sites for hydroxylation is 1. The standard InChI is InChI=1S/C16H19N5OS2/c1-9(2)14-18-13(21-22-14)8-23-16-20-19-15(24-16)17-12-7-5-6-10(3)11(12)4/h5-7,9H,8H2,1-4H3,(H,17,19). The lowest BCUT2D eigenvalue weighted by molar-refractivity contribution is 0.362. The fourth-order valence-corrected chi connectivity index (χ4v) is 3.61. The average molecular weight is 361 g/mol. The fourth-order valence-electron chi connectivity index (χ4n) is 2.01.